The zero-order chi connectivity index (χ0) is 15.5. The molecular formula is C17H16N2O3. The van der Waals surface area contributed by atoms with Gasteiger partial charge in [0.05, 0.1) is 11.4 Å². The van der Waals surface area contributed by atoms with Gasteiger partial charge >= 0.3 is 0 Å². The highest BCUT2D eigenvalue weighted by atomic mass is 16.7. The Balaban J connectivity index is 1.90. The van der Waals surface area contributed by atoms with Gasteiger partial charge in [-0.1, -0.05) is 42.5 Å². The van der Waals surface area contributed by atoms with Crippen LogP contribution < -0.4 is 9.96 Å². The standard InChI is InChI=1S/C17H16N2O3/c1-18-14-9-5-6-10-15(14)19(17(21)11-16(18)20)22-12-13-7-3-2-4-8-13/h2-10H,11-12H2,1H3. The number of para-hydroxylation sites is 2. The number of amides is 2. The molecule has 0 aromatic heterocycles. The van der Waals surface area contributed by atoms with Crippen LogP contribution >= 0.6 is 0 Å². The lowest BCUT2D eigenvalue weighted by atomic mass is 10.2. The van der Waals surface area contributed by atoms with Crippen molar-refractivity contribution in [1.29, 1.82) is 0 Å². The number of anilines is 2. The summed E-state index contributed by atoms with van der Waals surface area (Å²) in [4.78, 5) is 31.5. The Morgan fingerprint density at radius 1 is 0.909 bits per heavy atom. The fourth-order valence-corrected chi connectivity index (χ4v) is 2.36. The summed E-state index contributed by atoms with van der Waals surface area (Å²) >= 11 is 0. The van der Waals surface area contributed by atoms with Crippen LogP contribution in [-0.4, -0.2) is 18.9 Å². The second-order valence-corrected chi connectivity index (χ2v) is 5.07. The van der Waals surface area contributed by atoms with E-state index in [1.165, 1.54) is 9.96 Å². The molecule has 5 heteroatoms. The predicted octanol–water partition coefficient (Wildman–Crippen LogP) is 2.52. The maximum atomic E-state index is 12.3. The molecule has 0 saturated heterocycles. The number of hydroxylamine groups is 1. The maximum Gasteiger partial charge on any atom is 0.260 e. The summed E-state index contributed by atoms with van der Waals surface area (Å²) in [5.41, 5.74) is 2.19. The highest BCUT2D eigenvalue weighted by Crippen LogP contribution is 2.32. The smallest absolute Gasteiger partial charge is 0.260 e. The van der Waals surface area contributed by atoms with Crippen LogP contribution in [0.4, 0.5) is 11.4 Å². The minimum Gasteiger partial charge on any atom is -0.313 e. The van der Waals surface area contributed by atoms with Crippen molar-refractivity contribution in [3.63, 3.8) is 0 Å². The molecule has 0 spiro atoms. The van der Waals surface area contributed by atoms with E-state index in [1.807, 2.05) is 42.5 Å². The Morgan fingerprint density at radius 3 is 2.27 bits per heavy atom. The summed E-state index contributed by atoms with van der Waals surface area (Å²) < 4.78 is 0. The topological polar surface area (TPSA) is 49.9 Å². The predicted molar refractivity (Wildman–Crippen MR) is 83.2 cm³/mol. The fraction of sp³-hybridized carbons (Fsp3) is 0.176. The number of fused-ring (bicyclic) bond motifs is 1. The van der Waals surface area contributed by atoms with Crippen molar-refractivity contribution >= 4 is 23.2 Å². The van der Waals surface area contributed by atoms with Crippen molar-refractivity contribution in [2.45, 2.75) is 13.0 Å². The molecule has 0 atom stereocenters. The van der Waals surface area contributed by atoms with E-state index in [0.717, 1.165) is 5.56 Å². The zero-order valence-corrected chi connectivity index (χ0v) is 12.2. The monoisotopic (exact) mass is 296 g/mol. The molecule has 1 aliphatic rings. The Kier molecular flexibility index (Phi) is 3.89. The lowest BCUT2D eigenvalue weighted by Crippen LogP contribution is -2.31. The summed E-state index contributed by atoms with van der Waals surface area (Å²) in [6.45, 7) is 0.263. The third-order valence-corrected chi connectivity index (χ3v) is 3.57. The van der Waals surface area contributed by atoms with Crippen molar-refractivity contribution in [3.8, 4) is 0 Å². The molecule has 0 unspecified atom stereocenters. The van der Waals surface area contributed by atoms with Gasteiger partial charge in [-0.2, -0.15) is 5.06 Å². The average molecular weight is 296 g/mol. The van der Waals surface area contributed by atoms with Crippen LogP contribution in [0, 0.1) is 0 Å². The van der Waals surface area contributed by atoms with Crippen molar-refractivity contribution < 1.29 is 14.4 Å². The summed E-state index contributed by atoms with van der Waals surface area (Å²) in [7, 11) is 1.66. The Bertz CT molecular complexity index is 700. The van der Waals surface area contributed by atoms with Crippen LogP contribution in [0.25, 0.3) is 0 Å². The van der Waals surface area contributed by atoms with Crippen LogP contribution in [0.5, 0.6) is 0 Å². The number of hydrogen-bond acceptors (Lipinski definition) is 3. The molecule has 1 aliphatic heterocycles. The molecule has 2 aromatic rings. The first-order valence-corrected chi connectivity index (χ1v) is 7.02. The summed E-state index contributed by atoms with van der Waals surface area (Å²) in [6.07, 6.45) is -0.208. The summed E-state index contributed by atoms with van der Waals surface area (Å²) in [6, 6.07) is 16.8. The van der Waals surface area contributed by atoms with Gasteiger partial charge in [0.2, 0.25) is 5.91 Å². The molecular weight excluding hydrogens is 280 g/mol. The van der Waals surface area contributed by atoms with E-state index >= 15 is 0 Å². The molecule has 0 radical (unpaired) electrons. The third-order valence-electron chi connectivity index (χ3n) is 3.57. The molecule has 2 amide bonds. The molecule has 1 heterocycles. The van der Waals surface area contributed by atoms with Crippen LogP contribution in [0.1, 0.15) is 12.0 Å². The Morgan fingerprint density at radius 2 is 1.55 bits per heavy atom. The Labute approximate surface area is 128 Å². The van der Waals surface area contributed by atoms with E-state index in [1.54, 1.807) is 19.2 Å². The van der Waals surface area contributed by atoms with Crippen LogP contribution in [0.3, 0.4) is 0 Å². The SMILES string of the molecule is CN1C(=O)CC(=O)N(OCc2ccccc2)c2ccccc21. The molecule has 5 nitrogen and oxygen atoms in total. The molecule has 0 aliphatic carbocycles. The van der Waals surface area contributed by atoms with Gasteiger partial charge in [-0.05, 0) is 17.7 Å². The number of carbonyl (C=O) groups is 2. The van der Waals surface area contributed by atoms with Gasteiger partial charge in [-0.15, -0.1) is 0 Å². The second-order valence-electron chi connectivity index (χ2n) is 5.07. The number of benzene rings is 2. The molecule has 0 N–H and O–H groups in total. The highest BCUT2D eigenvalue weighted by Gasteiger charge is 2.30. The molecule has 22 heavy (non-hydrogen) atoms. The van der Waals surface area contributed by atoms with Gasteiger partial charge in [0.25, 0.3) is 5.91 Å². The van der Waals surface area contributed by atoms with Crippen LogP contribution in [0.2, 0.25) is 0 Å². The molecule has 0 fully saturated rings. The fourth-order valence-electron chi connectivity index (χ4n) is 2.36. The molecule has 0 saturated carbocycles. The average Bonchev–Trinajstić information content (AvgIpc) is 2.63. The first-order valence-electron chi connectivity index (χ1n) is 7.02. The number of hydrogen-bond donors (Lipinski definition) is 0. The molecule has 3 rings (SSSR count). The largest absolute Gasteiger partial charge is 0.313 e. The van der Waals surface area contributed by atoms with E-state index in [4.69, 9.17) is 4.84 Å². The van der Waals surface area contributed by atoms with Crippen molar-refractivity contribution in [1.82, 2.24) is 0 Å². The zero-order valence-electron chi connectivity index (χ0n) is 12.2. The van der Waals surface area contributed by atoms with Gasteiger partial charge in [-0.3, -0.25) is 14.4 Å². The van der Waals surface area contributed by atoms with Gasteiger partial charge in [0.1, 0.15) is 13.0 Å². The normalized spacial score (nSPS) is 14.8. The van der Waals surface area contributed by atoms with E-state index in [9.17, 15) is 9.59 Å². The van der Waals surface area contributed by atoms with Gasteiger partial charge in [0.15, 0.2) is 0 Å². The summed E-state index contributed by atoms with van der Waals surface area (Å²) in [5.74, 6) is -0.610. The quantitative estimate of drug-likeness (QED) is 0.818. The lowest BCUT2D eigenvalue weighted by Gasteiger charge is -2.22. The third kappa shape index (κ3) is 2.71. The lowest BCUT2D eigenvalue weighted by molar-refractivity contribution is -0.131. The second kappa shape index (κ2) is 5.99. The maximum absolute atomic E-state index is 12.3. The van der Waals surface area contributed by atoms with E-state index in [-0.39, 0.29) is 24.8 Å². The van der Waals surface area contributed by atoms with Crippen molar-refractivity contribution in [2.75, 3.05) is 17.0 Å². The van der Waals surface area contributed by atoms with Gasteiger partial charge in [-0.25, -0.2) is 0 Å². The van der Waals surface area contributed by atoms with Crippen molar-refractivity contribution in [3.05, 3.63) is 60.2 Å². The van der Waals surface area contributed by atoms with E-state index in [0.29, 0.717) is 11.4 Å². The number of nitrogens with zero attached hydrogens (tertiary/aromatic N) is 2. The van der Waals surface area contributed by atoms with E-state index in [2.05, 4.69) is 0 Å². The highest BCUT2D eigenvalue weighted by molar-refractivity contribution is 6.14. The molecule has 2 aromatic carbocycles. The van der Waals surface area contributed by atoms with Gasteiger partial charge < -0.3 is 4.90 Å². The molecule has 0 bridgehead atoms. The minimum atomic E-state index is -0.363. The number of carbonyl (C=O) groups excluding carboxylic acids is 2. The first kappa shape index (κ1) is 14.3. The summed E-state index contributed by atoms with van der Waals surface area (Å²) in [5, 5.41) is 1.23. The van der Waals surface area contributed by atoms with Crippen molar-refractivity contribution in [2.24, 2.45) is 0 Å². The Hall–Kier alpha value is -2.66. The molecule has 112 valence electrons. The minimum absolute atomic E-state index is 0.208. The first-order chi connectivity index (χ1) is 10.7. The number of rotatable bonds is 3. The van der Waals surface area contributed by atoms with Gasteiger partial charge in [0, 0.05) is 7.05 Å². The van der Waals surface area contributed by atoms with E-state index < -0.39 is 0 Å². The van der Waals surface area contributed by atoms with Crippen LogP contribution in [-0.2, 0) is 21.0 Å². The van der Waals surface area contributed by atoms with Crippen LogP contribution in [0.15, 0.2) is 54.6 Å².